The Bertz CT molecular complexity index is 683. The molecule has 1 saturated carbocycles. The van der Waals surface area contributed by atoms with Crippen LogP contribution in [0.1, 0.15) is 49.3 Å². The van der Waals surface area contributed by atoms with Gasteiger partial charge in [-0.3, -0.25) is 0 Å². The fourth-order valence-corrected chi connectivity index (χ4v) is 3.70. The summed E-state index contributed by atoms with van der Waals surface area (Å²) < 4.78 is 11.7. The Morgan fingerprint density at radius 3 is 2.38 bits per heavy atom. The van der Waals surface area contributed by atoms with Gasteiger partial charge in [0.25, 0.3) is 0 Å². The van der Waals surface area contributed by atoms with Crippen molar-refractivity contribution >= 4 is 11.4 Å². The third-order valence-corrected chi connectivity index (χ3v) is 4.92. The molecule has 0 heterocycles. The molecule has 26 heavy (non-hydrogen) atoms. The fraction of sp³-hybridized carbons (Fsp3) is 0.455. The number of aryl methyl sites for hydroxylation is 2. The smallest absolute Gasteiger partial charge is 0.138 e. The number of nitrogen functional groups attached to an aromatic ring is 1. The highest BCUT2D eigenvalue weighted by Gasteiger charge is 2.24. The number of ether oxygens (including phenoxy) is 2. The fourth-order valence-electron chi connectivity index (χ4n) is 3.70. The van der Waals surface area contributed by atoms with Crippen LogP contribution in [-0.2, 0) is 9.47 Å². The lowest BCUT2D eigenvalue weighted by Crippen LogP contribution is -2.28. The number of hydrogen-bond acceptors (Lipinski definition) is 4. The average molecular weight is 357 g/mol. The van der Waals surface area contributed by atoms with Gasteiger partial charge in [0.15, 0.2) is 0 Å². The Hall–Kier alpha value is -2.20. The first kappa shape index (κ1) is 20.1. The summed E-state index contributed by atoms with van der Waals surface area (Å²) in [6.07, 6.45) is 6.57. The first-order valence-corrected chi connectivity index (χ1v) is 9.23. The van der Waals surface area contributed by atoms with Crippen molar-refractivity contribution in [3.8, 4) is 0 Å². The maximum Gasteiger partial charge on any atom is 0.138 e. The zero-order chi connectivity index (χ0) is 19.3. The van der Waals surface area contributed by atoms with Crippen LogP contribution >= 0.6 is 0 Å². The molecule has 4 heteroatoms. The topological polar surface area (TPSA) is 56.5 Å². The molecule has 0 bridgehead atoms. The Labute approximate surface area is 157 Å². The molecule has 2 atom stereocenters. The number of hydrogen-bond donors (Lipinski definition) is 2. The summed E-state index contributed by atoms with van der Waals surface area (Å²) in [4.78, 5) is 0. The third kappa shape index (κ3) is 4.92. The minimum Gasteiger partial charge on any atom is -0.489 e. The van der Waals surface area contributed by atoms with E-state index < -0.39 is 0 Å². The normalized spacial score (nSPS) is 20.5. The van der Waals surface area contributed by atoms with Crippen LogP contribution in [0.2, 0.25) is 0 Å². The monoisotopic (exact) mass is 356 g/mol. The number of nitrogens with two attached hydrogens (primary N) is 1. The molecule has 0 saturated heterocycles. The highest BCUT2D eigenvalue weighted by molar-refractivity contribution is 5.71. The van der Waals surface area contributed by atoms with Gasteiger partial charge in [-0.2, -0.15) is 0 Å². The number of nitrogens with one attached hydrogen (secondary N) is 1. The van der Waals surface area contributed by atoms with Gasteiger partial charge in [0.2, 0.25) is 0 Å². The van der Waals surface area contributed by atoms with Gasteiger partial charge in [0.05, 0.1) is 11.8 Å². The Kier molecular flexibility index (Phi) is 6.92. The van der Waals surface area contributed by atoms with Crippen molar-refractivity contribution in [2.45, 2.75) is 58.7 Å². The van der Waals surface area contributed by atoms with Crippen molar-refractivity contribution in [1.29, 1.82) is 0 Å². The number of allylic oxidation sites excluding steroid dienone is 1. The van der Waals surface area contributed by atoms with Crippen LogP contribution < -0.4 is 11.1 Å². The molecule has 2 rings (SSSR count). The zero-order valence-electron chi connectivity index (χ0n) is 16.5. The van der Waals surface area contributed by atoms with Crippen molar-refractivity contribution in [1.82, 2.24) is 5.32 Å². The maximum atomic E-state index is 6.21. The van der Waals surface area contributed by atoms with E-state index in [4.69, 9.17) is 15.2 Å². The summed E-state index contributed by atoms with van der Waals surface area (Å²) in [6.45, 7) is 14.4. The van der Waals surface area contributed by atoms with E-state index in [1.54, 1.807) is 7.11 Å². The van der Waals surface area contributed by atoms with Crippen molar-refractivity contribution in [2.75, 3.05) is 12.8 Å². The van der Waals surface area contributed by atoms with E-state index in [2.05, 4.69) is 18.5 Å². The van der Waals surface area contributed by atoms with E-state index in [0.717, 1.165) is 59.5 Å². The number of methoxy groups -OCH3 is 1. The van der Waals surface area contributed by atoms with Gasteiger partial charge < -0.3 is 20.5 Å². The van der Waals surface area contributed by atoms with E-state index in [0.29, 0.717) is 5.70 Å². The predicted octanol–water partition coefficient (Wildman–Crippen LogP) is 4.84. The summed E-state index contributed by atoms with van der Waals surface area (Å²) >= 11 is 0. The summed E-state index contributed by atoms with van der Waals surface area (Å²) in [5.74, 6) is 0.763. The number of benzene rings is 1. The molecular weight excluding hydrogens is 324 g/mol. The van der Waals surface area contributed by atoms with Crippen LogP contribution in [0.15, 0.2) is 42.8 Å². The standard InChI is InChI=1S/C22H32N2O2/c1-7-21(26-20-10-8-9-19(13-20)25-6)16(4)24-17(5)22-14(2)11-18(23)12-15(22)3/h7,11-12,19-20,24H,4-5,8-10,13,23H2,1-3,6H3/b21-7+. The predicted molar refractivity (Wildman–Crippen MR) is 110 cm³/mol. The molecule has 1 aliphatic rings. The summed E-state index contributed by atoms with van der Waals surface area (Å²) in [5.41, 5.74) is 11.4. The molecule has 3 N–H and O–H groups in total. The molecule has 2 unspecified atom stereocenters. The largest absolute Gasteiger partial charge is 0.489 e. The maximum absolute atomic E-state index is 6.21. The molecule has 142 valence electrons. The molecule has 4 nitrogen and oxygen atoms in total. The zero-order valence-corrected chi connectivity index (χ0v) is 16.5. The van der Waals surface area contributed by atoms with Gasteiger partial charge in [0, 0.05) is 30.5 Å². The van der Waals surface area contributed by atoms with E-state index in [1.807, 2.05) is 39.0 Å². The molecule has 0 spiro atoms. The first-order valence-electron chi connectivity index (χ1n) is 9.23. The van der Waals surface area contributed by atoms with Crippen LogP contribution in [0.4, 0.5) is 5.69 Å². The SMILES string of the molecule is C=C(NC(=C)c1c(C)cc(N)cc1C)/C(=C\C)OC1CCCC(OC)C1. The highest BCUT2D eigenvalue weighted by Crippen LogP contribution is 2.28. The van der Waals surface area contributed by atoms with Crippen LogP contribution in [-0.4, -0.2) is 19.3 Å². The number of rotatable bonds is 7. The molecule has 1 aromatic rings. The van der Waals surface area contributed by atoms with Gasteiger partial charge in [-0.1, -0.05) is 13.2 Å². The Morgan fingerprint density at radius 1 is 1.19 bits per heavy atom. The summed E-state index contributed by atoms with van der Waals surface area (Å²) in [5, 5.41) is 3.31. The lowest BCUT2D eigenvalue weighted by atomic mass is 9.95. The summed E-state index contributed by atoms with van der Waals surface area (Å²) in [6, 6.07) is 3.91. The van der Waals surface area contributed by atoms with E-state index in [9.17, 15) is 0 Å². The van der Waals surface area contributed by atoms with Crippen molar-refractivity contribution < 1.29 is 9.47 Å². The quantitative estimate of drug-likeness (QED) is 0.417. The molecule has 0 amide bonds. The van der Waals surface area contributed by atoms with Gasteiger partial charge in [-0.05, 0) is 69.4 Å². The third-order valence-electron chi connectivity index (χ3n) is 4.92. The second kappa shape index (κ2) is 8.95. The van der Waals surface area contributed by atoms with Crippen LogP contribution in [0, 0.1) is 13.8 Å². The molecule has 1 aromatic carbocycles. The van der Waals surface area contributed by atoms with Gasteiger partial charge in [0.1, 0.15) is 11.9 Å². The highest BCUT2D eigenvalue weighted by atomic mass is 16.5. The molecule has 1 aliphatic carbocycles. The lowest BCUT2D eigenvalue weighted by Gasteiger charge is -2.30. The molecule has 0 radical (unpaired) electrons. The second-order valence-electron chi connectivity index (χ2n) is 7.03. The van der Waals surface area contributed by atoms with Crippen LogP contribution in [0.5, 0.6) is 0 Å². The van der Waals surface area contributed by atoms with Gasteiger partial charge in [-0.25, -0.2) is 0 Å². The average Bonchev–Trinajstić information content (AvgIpc) is 2.58. The van der Waals surface area contributed by atoms with E-state index in [-0.39, 0.29) is 12.2 Å². The van der Waals surface area contributed by atoms with E-state index in [1.165, 1.54) is 0 Å². The second-order valence-corrected chi connectivity index (χ2v) is 7.03. The van der Waals surface area contributed by atoms with Crippen molar-refractivity contribution in [3.63, 3.8) is 0 Å². The van der Waals surface area contributed by atoms with Crippen molar-refractivity contribution in [3.05, 3.63) is 59.5 Å². The van der Waals surface area contributed by atoms with Crippen molar-refractivity contribution in [2.24, 2.45) is 0 Å². The Balaban J connectivity index is 2.04. The minimum atomic E-state index is 0.159. The lowest BCUT2D eigenvalue weighted by molar-refractivity contribution is -0.00233. The molecular formula is C22H32N2O2. The first-order chi connectivity index (χ1) is 12.3. The molecule has 0 aliphatic heterocycles. The van der Waals surface area contributed by atoms with E-state index >= 15 is 0 Å². The van der Waals surface area contributed by atoms with Gasteiger partial charge in [-0.15, -0.1) is 0 Å². The number of anilines is 1. The Morgan fingerprint density at radius 2 is 1.81 bits per heavy atom. The molecule has 0 aromatic heterocycles. The minimum absolute atomic E-state index is 0.159. The summed E-state index contributed by atoms with van der Waals surface area (Å²) in [7, 11) is 1.77. The van der Waals surface area contributed by atoms with Crippen LogP contribution in [0.25, 0.3) is 5.70 Å². The molecule has 1 fully saturated rings. The van der Waals surface area contributed by atoms with Gasteiger partial charge >= 0.3 is 0 Å². The van der Waals surface area contributed by atoms with Crippen LogP contribution in [0.3, 0.4) is 0 Å².